The highest BCUT2D eigenvalue weighted by Crippen LogP contribution is 2.36. The predicted octanol–water partition coefficient (Wildman–Crippen LogP) is 6.52. The summed E-state index contributed by atoms with van der Waals surface area (Å²) in [7, 11) is -3.31. The summed E-state index contributed by atoms with van der Waals surface area (Å²) in [6.45, 7) is 0. The molecule has 1 amide bonds. The van der Waals surface area contributed by atoms with Gasteiger partial charge in [0.2, 0.25) is 5.91 Å². The lowest BCUT2D eigenvalue weighted by Crippen LogP contribution is -2.14. The molecule has 5 nitrogen and oxygen atoms in total. The zero-order chi connectivity index (χ0) is 25.0. The van der Waals surface area contributed by atoms with Crippen LogP contribution >= 0.6 is 11.6 Å². The molecule has 0 aliphatic rings. The zero-order valence-corrected chi connectivity index (χ0v) is 20.2. The van der Waals surface area contributed by atoms with Crippen molar-refractivity contribution in [2.75, 3.05) is 11.6 Å². The van der Waals surface area contributed by atoms with Crippen molar-refractivity contribution in [3.63, 3.8) is 0 Å². The molecule has 0 bridgehead atoms. The number of nitrogens with one attached hydrogen (secondary N) is 1. The highest BCUT2D eigenvalue weighted by Gasteiger charge is 2.13. The van der Waals surface area contributed by atoms with Crippen LogP contribution in [0.4, 0.5) is 10.1 Å². The van der Waals surface area contributed by atoms with Gasteiger partial charge in [-0.3, -0.25) is 4.79 Å². The number of anilines is 1. The minimum atomic E-state index is -3.31. The van der Waals surface area contributed by atoms with E-state index >= 15 is 0 Å². The lowest BCUT2D eigenvalue weighted by molar-refractivity contribution is -0.115. The van der Waals surface area contributed by atoms with Crippen LogP contribution in [-0.2, 0) is 21.1 Å². The first-order valence-corrected chi connectivity index (χ1v) is 12.9. The number of halogens is 2. The van der Waals surface area contributed by atoms with Crippen molar-refractivity contribution in [2.24, 2.45) is 0 Å². The van der Waals surface area contributed by atoms with Crippen molar-refractivity contribution < 1.29 is 22.3 Å². The van der Waals surface area contributed by atoms with Gasteiger partial charge >= 0.3 is 0 Å². The average molecular weight is 510 g/mol. The fraction of sp³-hybridized carbons (Fsp3) is 0.0741. The van der Waals surface area contributed by atoms with E-state index in [-0.39, 0.29) is 23.0 Å². The van der Waals surface area contributed by atoms with Gasteiger partial charge in [0, 0.05) is 28.6 Å². The topological polar surface area (TPSA) is 72.5 Å². The molecule has 35 heavy (non-hydrogen) atoms. The van der Waals surface area contributed by atoms with Gasteiger partial charge in [-0.2, -0.15) is 0 Å². The molecule has 0 radical (unpaired) electrons. The Bertz CT molecular complexity index is 1490. The second kappa shape index (κ2) is 10.3. The van der Waals surface area contributed by atoms with Crippen LogP contribution in [0.3, 0.4) is 0 Å². The van der Waals surface area contributed by atoms with Crippen molar-refractivity contribution in [1.82, 2.24) is 0 Å². The maximum absolute atomic E-state index is 13.9. The van der Waals surface area contributed by atoms with Crippen LogP contribution in [0.2, 0.25) is 5.02 Å². The van der Waals surface area contributed by atoms with Gasteiger partial charge in [-0.25, -0.2) is 12.8 Å². The van der Waals surface area contributed by atoms with Gasteiger partial charge in [0.15, 0.2) is 9.84 Å². The third kappa shape index (κ3) is 6.47. The maximum atomic E-state index is 13.9. The van der Waals surface area contributed by atoms with E-state index in [1.54, 1.807) is 66.7 Å². The molecular weight excluding hydrogens is 489 g/mol. The molecule has 0 heterocycles. The molecule has 4 aromatic rings. The number of ether oxygens (including phenoxy) is 1. The molecule has 4 aromatic carbocycles. The molecular formula is C27H21ClFNO4S. The van der Waals surface area contributed by atoms with E-state index in [0.29, 0.717) is 38.9 Å². The van der Waals surface area contributed by atoms with E-state index in [1.807, 2.05) is 0 Å². The molecule has 0 atom stereocenters. The Balaban J connectivity index is 1.58. The van der Waals surface area contributed by atoms with Crippen molar-refractivity contribution >= 4 is 33.0 Å². The number of hydrogen-bond donors (Lipinski definition) is 1. The smallest absolute Gasteiger partial charge is 0.228 e. The number of hydrogen-bond acceptors (Lipinski definition) is 4. The first-order valence-electron chi connectivity index (χ1n) is 10.6. The Labute approximate surface area is 208 Å². The van der Waals surface area contributed by atoms with Gasteiger partial charge in [-0.05, 0) is 65.7 Å². The summed E-state index contributed by atoms with van der Waals surface area (Å²) < 4.78 is 43.2. The molecule has 1 N–H and O–H groups in total. The Morgan fingerprint density at radius 2 is 1.69 bits per heavy atom. The summed E-state index contributed by atoms with van der Waals surface area (Å²) in [5.41, 5.74) is 2.41. The van der Waals surface area contributed by atoms with Gasteiger partial charge in [0.1, 0.15) is 17.3 Å². The number of benzene rings is 4. The average Bonchev–Trinajstić information content (AvgIpc) is 2.79. The molecule has 0 saturated heterocycles. The van der Waals surface area contributed by atoms with E-state index in [1.165, 1.54) is 24.3 Å². The van der Waals surface area contributed by atoms with Crippen molar-refractivity contribution in [2.45, 2.75) is 11.3 Å². The summed E-state index contributed by atoms with van der Waals surface area (Å²) in [6.07, 6.45) is 1.19. The van der Waals surface area contributed by atoms with E-state index in [2.05, 4.69) is 5.32 Å². The molecule has 4 rings (SSSR count). The number of carbonyl (C=O) groups excluding carboxylic acids is 1. The molecule has 0 aliphatic heterocycles. The Morgan fingerprint density at radius 3 is 2.37 bits per heavy atom. The maximum Gasteiger partial charge on any atom is 0.228 e. The number of amides is 1. The van der Waals surface area contributed by atoms with Crippen LogP contribution in [0.15, 0.2) is 95.9 Å². The largest absolute Gasteiger partial charge is 0.457 e. The van der Waals surface area contributed by atoms with Gasteiger partial charge < -0.3 is 10.1 Å². The van der Waals surface area contributed by atoms with Crippen LogP contribution < -0.4 is 10.1 Å². The summed E-state index contributed by atoms with van der Waals surface area (Å²) in [6, 6.07) is 24.3. The number of carbonyl (C=O) groups is 1. The van der Waals surface area contributed by atoms with Crippen molar-refractivity contribution in [3.8, 4) is 22.6 Å². The van der Waals surface area contributed by atoms with Gasteiger partial charge in [-0.1, -0.05) is 41.9 Å². The van der Waals surface area contributed by atoms with E-state index in [0.717, 1.165) is 6.26 Å². The van der Waals surface area contributed by atoms with Crippen molar-refractivity contribution in [3.05, 3.63) is 107 Å². The van der Waals surface area contributed by atoms with E-state index in [4.69, 9.17) is 16.3 Å². The summed E-state index contributed by atoms with van der Waals surface area (Å²) >= 11 is 6.08. The molecule has 0 saturated carbocycles. The summed E-state index contributed by atoms with van der Waals surface area (Å²) in [4.78, 5) is 12.8. The molecule has 178 valence electrons. The van der Waals surface area contributed by atoms with Crippen LogP contribution in [0.1, 0.15) is 5.56 Å². The lowest BCUT2D eigenvalue weighted by atomic mass is 10.0. The molecule has 0 aliphatic carbocycles. The lowest BCUT2D eigenvalue weighted by Gasteiger charge is -2.14. The molecule has 0 spiro atoms. The predicted molar refractivity (Wildman–Crippen MR) is 135 cm³/mol. The van der Waals surface area contributed by atoms with Crippen LogP contribution in [0, 0.1) is 5.82 Å². The Kier molecular flexibility index (Phi) is 7.19. The molecule has 8 heteroatoms. The highest BCUT2D eigenvalue weighted by atomic mass is 35.5. The third-order valence-electron chi connectivity index (χ3n) is 5.14. The molecule has 0 fully saturated rings. The second-order valence-corrected chi connectivity index (χ2v) is 10.4. The van der Waals surface area contributed by atoms with Gasteiger partial charge in [-0.15, -0.1) is 0 Å². The highest BCUT2D eigenvalue weighted by molar-refractivity contribution is 7.90. The summed E-state index contributed by atoms with van der Waals surface area (Å²) in [5.74, 6) is 0.234. The number of sulfone groups is 1. The normalized spacial score (nSPS) is 11.2. The fourth-order valence-corrected chi connectivity index (χ4v) is 4.29. The third-order valence-corrected chi connectivity index (χ3v) is 6.50. The van der Waals surface area contributed by atoms with Gasteiger partial charge in [0.05, 0.1) is 11.3 Å². The van der Waals surface area contributed by atoms with E-state index < -0.39 is 9.84 Å². The number of rotatable bonds is 7. The van der Waals surface area contributed by atoms with Crippen molar-refractivity contribution in [1.29, 1.82) is 0 Å². The van der Waals surface area contributed by atoms with Crippen LogP contribution in [0.5, 0.6) is 11.5 Å². The Morgan fingerprint density at radius 1 is 0.943 bits per heavy atom. The van der Waals surface area contributed by atoms with Crippen LogP contribution in [0.25, 0.3) is 11.1 Å². The quantitative estimate of drug-likeness (QED) is 0.307. The minimum Gasteiger partial charge on any atom is -0.457 e. The monoisotopic (exact) mass is 509 g/mol. The second-order valence-electron chi connectivity index (χ2n) is 7.92. The first-order chi connectivity index (χ1) is 16.7. The fourth-order valence-electron chi connectivity index (χ4n) is 3.48. The summed E-state index contributed by atoms with van der Waals surface area (Å²) in [5, 5.41) is 3.33. The molecule has 0 aromatic heterocycles. The zero-order valence-electron chi connectivity index (χ0n) is 18.7. The van der Waals surface area contributed by atoms with Gasteiger partial charge in [0.25, 0.3) is 0 Å². The SMILES string of the molecule is CS(=O)(=O)c1ccc(CC(=O)Nc2ccc(-c3cccc(F)c3)c(Oc3cccc(Cl)c3)c2)cc1. The first kappa shape index (κ1) is 24.4. The minimum absolute atomic E-state index is 0.0557. The standard InChI is InChI=1S/C27H21ClFNO4S/c1-35(32,33)24-11-8-18(9-12-24)14-27(31)30-22-10-13-25(19-4-2-6-21(29)15-19)26(17-22)34-23-7-3-5-20(28)16-23/h2-13,15-17H,14H2,1H3,(H,30,31). The molecule has 0 unspecified atom stereocenters. The van der Waals surface area contributed by atoms with Crippen LogP contribution in [-0.4, -0.2) is 20.6 Å². The van der Waals surface area contributed by atoms with E-state index in [9.17, 15) is 17.6 Å². The Hall–Kier alpha value is -3.68.